The van der Waals surface area contributed by atoms with Crippen molar-refractivity contribution in [2.24, 2.45) is 11.3 Å². The highest BCUT2D eigenvalue weighted by molar-refractivity contribution is 5.89. The zero-order valence-corrected chi connectivity index (χ0v) is 14.8. The molecule has 136 valence electrons. The third kappa shape index (κ3) is 2.99. The van der Waals surface area contributed by atoms with Crippen molar-refractivity contribution in [3.63, 3.8) is 0 Å². The molecule has 1 N–H and O–H groups in total. The van der Waals surface area contributed by atoms with Gasteiger partial charge >= 0.3 is 11.9 Å². The zero-order valence-electron chi connectivity index (χ0n) is 14.8. The van der Waals surface area contributed by atoms with Crippen molar-refractivity contribution in [3.05, 3.63) is 71.8 Å². The van der Waals surface area contributed by atoms with Crippen LogP contribution in [-0.2, 0) is 19.1 Å². The van der Waals surface area contributed by atoms with Gasteiger partial charge in [-0.1, -0.05) is 60.7 Å². The van der Waals surface area contributed by atoms with Crippen molar-refractivity contribution in [3.8, 4) is 0 Å². The lowest BCUT2D eigenvalue weighted by atomic mass is 9.69. The maximum atomic E-state index is 12.8. The van der Waals surface area contributed by atoms with Gasteiger partial charge in [-0.05, 0) is 25.0 Å². The van der Waals surface area contributed by atoms with Gasteiger partial charge in [0.15, 0.2) is 0 Å². The van der Waals surface area contributed by atoms with E-state index in [1.54, 1.807) is 50.2 Å². The standard InChI is InChI=1S/C21H22O5/c1-3-25-19(23)16-17(14-10-6-4-7-11-14)26-20(24)21(16,2)18(22)15-12-8-5-9-13-15/h4-13,16-18,22H,3H2,1-2H3/t16-,17-,18+,21-/m1/s1. The van der Waals surface area contributed by atoms with Crippen molar-refractivity contribution >= 4 is 11.9 Å². The van der Waals surface area contributed by atoms with Gasteiger partial charge in [0, 0.05) is 0 Å². The monoisotopic (exact) mass is 354 g/mol. The second kappa shape index (κ2) is 7.30. The van der Waals surface area contributed by atoms with Crippen molar-refractivity contribution in [1.82, 2.24) is 0 Å². The van der Waals surface area contributed by atoms with Crippen LogP contribution in [0.25, 0.3) is 0 Å². The van der Waals surface area contributed by atoms with Crippen molar-refractivity contribution < 1.29 is 24.2 Å². The molecule has 0 amide bonds. The molecule has 1 aliphatic heterocycles. The molecule has 1 saturated heterocycles. The zero-order chi connectivity index (χ0) is 18.7. The summed E-state index contributed by atoms with van der Waals surface area (Å²) >= 11 is 0. The van der Waals surface area contributed by atoms with Gasteiger partial charge in [-0.25, -0.2) is 0 Å². The normalized spacial score (nSPS) is 26.2. The van der Waals surface area contributed by atoms with Gasteiger partial charge in [0.2, 0.25) is 0 Å². The first kappa shape index (κ1) is 18.1. The molecule has 26 heavy (non-hydrogen) atoms. The van der Waals surface area contributed by atoms with Crippen LogP contribution in [0.1, 0.15) is 37.2 Å². The Morgan fingerprint density at radius 2 is 1.73 bits per heavy atom. The van der Waals surface area contributed by atoms with Crippen LogP contribution in [0.2, 0.25) is 0 Å². The second-order valence-electron chi connectivity index (χ2n) is 6.56. The van der Waals surface area contributed by atoms with Gasteiger partial charge < -0.3 is 14.6 Å². The van der Waals surface area contributed by atoms with Crippen LogP contribution < -0.4 is 0 Å². The molecule has 5 nitrogen and oxygen atoms in total. The van der Waals surface area contributed by atoms with E-state index in [9.17, 15) is 14.7 Å². The molecule has 0 radical (unpaired) electrons. The lowest BCUT2D eigenvalue weighted by Crippen LogP contribution is -2.41. The van der Waals surface area contributed by atoms with Crippen LogP contribution in [0.15, 0.2) is 60.7 Å². The third-order valence-electron chi connectivity index (χ3n) is 4.97. The Bertz CT molecular complexity index is 774. The summed E-state index contributed by atoms with van der Waals surface area (Å²) in [7, 11) is 0. The molecule has 0 saturated carbocycles. The summed E-state index contributed by atoms with van der Waals surface area (Å²) in [5.41, 5.74) is -0.202. The average Bonchev–Trinajstić information content (AvgIpc) is 2.95. The summed E-state index contributed by atoms with van der Waals surface area (Å²) in [5.74, 6) is -2.11. The van der Waals surface area contributed by atoms with E-state index in [-0.39, 0.29) is 6.61 Å². The molecule has 1 fully saturated rings. The van der Waals surface area contributed by atoms with E-state index in [0.717, 1.165) is 0 Å². The van der Waals surface area contributed by atoms with Gasteiger partial charge in [-0.2, -0.15) is 0 Å². The second-order valence-corrected chi connectivity index (χ2v) is 6.56. The number of esters is 2. The Hall–Kier alpha value is -2.66. The number of cyclic esters (lactones) is 1. The summed E-state index contributed by atoms with van der Waals surface area (Å²) in [6, 6.07) is 17.9. The number of ether oxygens (including phenoxy) is 2. The highest BCUT2D eigenvalue weighted by Crippen LogP contribution is 2.54. The van der Waals surface area contributed by atoms with E-state index in [1.807, 2.05) is 24.3 Å². The quantitative estimate of drug-likeness (QED) is 0.835. The predicted molar refractivity (Wildman–Crippen MR) is 94.9 cm³/mol. The Balaban J connectivity index is 2.07. The highest BCUT2D eigenvalue weighted by Gasteiger charge is 2.62. The molecular weight excluding hydrogens is 332 g/mol. The molecule has 1 heterocycles. The lowest BCUT2D eigenvalue weighted by Gasteiger charge is -2.32. The molecule has 0 aromatic heterocycles. The average molecular weight is 354 g/mol. The summed E-state index contributed by atoms with van der Waals surface area (Å²) in [4.78, 5) is 25.6. The largest absolute Gasteiger partial charge is 0.466 e. The number of carbonyl (C=O) groups excluding carboxylic acids is 2. The van der Waals surface area contributed by atoms with Gasteiger partial charge in [-0.3, -0.25) is 9.59 Å². The number of aliphatic hydroxyl groups excluding tert-OH is 1. The van der Waals surface area contributed by atoms with Crippen LogP contribution in [0.4, 0.5) is 0 Å². The van der Waals surface area contributed by atoms with Crippen LogP contribution >= 0.6 is 0 Å². The van der Waals surface area contributed by atoms with E-state index in [2.05, 4.69) is 0 Å². The molecule has 2 aromatic rings. The fraction of sp³-hybridized carbons (Fsp3) is 0.333. The van der Waals surface area contributed by atoms with E-state index in [1.165, 1.54) is 0 Å². The molecule has 0 spiro atoms. The summed E-state index contributed by atoms with van der Waals surface area (Å²) in [6.45, 7) is 3.46. The lowest BCUT2D eigenvalue weighted by molar-refractivity contribution is -0.160. The molecule has 0 unspecified atom stereocenters. The summed E-state index contributed by atoms with van der Waals surface area (Å²) in [5, 5.41) is 11.0. The fourth-order valence-corrected chi connectivity index (χ4v) is 3.52. The molecule has 4 atom stereocenters. The minimum atomic E-state index is -1.45. The number of rotatable bonds is 5. The number of hydrogen-bond acceptors (Lipinski definition) is 5. The molecular formula is C21H22O5. The molecule has 1 aliphatic rings. The van der Waals surface area contributed by atoms with Crippen LogP contribution in [0.3, 0.4) is 0 Å². The molecule has 2 aromatic carbocycles. The maximum Gasteiger partial charge on any atom is 0.316 e. The summed E-state index contributed by atoms with van der Waals surface area (Å²) < 4.78 is 10.8. The molecule has 0 bridgehead atoms. The van der Waals surface area contributed by atoms with Gasteiger partial charge in [0.1, 0.15) is 17.4 Å². The van der Waals surface area contributed by atoms with Crippen LogP contribution in [-0.4, -0.2) is 23.7 Å². The van der Waals surface area contributed by atoms with Crippen molar-refractivity contribution in [2.75, 3.05) is 6.61 Å². The van der Waals surface area contributed by atoms with E-state index < -0.39 is 35.5 Å². The predicted octanol–water partition coefficient (Wildman–Crippen LogP) is 3.20. The van der Waals surface area contributed by atoms with Crippen molar-refractivity contribution in [2.45, 2.75) is 26.1 Å². The SMILES string of the molecule is CCOC(=O)[C@H]1[C@@H](c2ccccc2)OC(=O)[C@@]1(C)[C@@H](O)c1ccccc1. The Labute approximate surface area is 152 Å². The van der Waals surface area contributed by atoms with Gasteiger partial charge in [0.25, 0.3) is 0 Å². The van der Waals surface area contributed by atoms with E-state index >= 15 is 0 Å². The molecule has 5 heteroatoms. The number of aliphatic hydroxyl groups is 1. The number of hydrogen-bond donors (Lipinski definition) is 1. The van der Waals surface area contributed by atoms with Gasteiger partial charge in [-0.15, -0.1) is 0 Å². The van der Waals surface area contributed by atoms with E-state index in [4.69, 9.17) is 9.47 Å². The molecule has 0 aliphatic carbocycles. The molecule has 3 rings (SSSR count). The first-order valence-corrected chi connectivity index (χ1v) is 8.65. The maximum absolute atomic E-state index is 12.8. The Kier molecular flexibility index (Phi) is 5.09. The van der Waals surface area contributed by atoms with Gasteiger partial charge in [0.05, 0.1) is 12.7 Å². The van der Waals surface area contributed by atoms with Crippen LogP contribution in [0, 0.1) is 11.3 Å². The number of benzene rings is 2. The van der Waals surface area contributed by atoms with Crippen molar-refractivity contribution in [1.29, 1.82) is 0 Å². The fourth-order valence-electron chi connectivity index (χ4n) is 3.52. The Morgan fingerprint density at radius 3 is 2.31 bits per heavy atom. The highest BCUT2D eigenvalue weighted by atomic mass is 16.6. The number of carbonyl (C=O) groups is 2. The minimum absolute atomic E-state index is 0.183. The first-order chi connectivity index (χ1) is 12.5. The topological polar surface area (TPSA) is 72.8 Å². The van der Waals surface area contributed by atoms with Crippen LogP contribution in [0.5, 0.6) is 0 Å². The third-order valence-corrected chi connectivity index (χ3v) is 4.97. The minimum Gasteiger partial charge on any atom is -0.466 e. The van der Waals surface area contributed by atoms with E-state index in [0.29, 0.717) is 11.1 Å². The Morgan fingerprint density at radius 1 is 1.15 bits per heavy atom. The smallest absolute Gasteiger partial charge is 0.316 e. The summed E-state index contributed by atoms with van der Waals surface area (Å²) in [6.07, 6.45) is -1.99. The first-order valence-electron chi connectivity index (χ1n) is 8.65.